The molecule has 0 aromatic carbocycles. The van der Waals surface area contributed by atoms with Gasteiger partial charge < -0.3 is 10.4 Å². The number of nitrogens with one attached hydrogen (secondary N) is 1. The minimum absolute atomic E-state index is 0.0147. The Morgan fingerprint density at radius 1 is 1.63 bits per heavy atom. The van der Waals surface area contributed by atoms with E-state index in [-0.39, 0.29) is 17.7 Å². The molecule has 3 nitrogen and oxygen atoms in total. The van der Waals surface area contributed by atoms with Crippen LogP contribution in [-0.4, -0.2) is 23.7 Å². The maximum absolute atomic E-state index is 12.3. The number of aliphatic hydroxyl groups excluding tert-OH is 1. The first-order valence-corrected chi connectivity index (χ1v) is 8.03. The summed E-state index contributed by atoms with van der Waals surface area (Å²) in [6.45, 7) is 4.42. The normalized spacial score (nSPS) is 21.5. The molecule has 3 atom stereocenters. The molecule has 1 aliphatic carbocycles. The van der Waals surface area contributed by atoms with Crippen LogP contribution in [0.1, 0.15) is 49.5 Å². The van der Waals surface area contributed by atoms with Crippen LogP contribution in [0.15, 0.2) is 11.4 Å². The summed E-state index contributed by atoms with van der Waals surface area (Å²) in [4.78, 5) is 13.6. The van der Waals surface area contributed by atoms with E-state index in [2.05, 4.69) is 23.7 Å². The zero-order valence-electron chi connectivity index (χ0n) is 11.7. The molecule has 0 saturated carbocycles. The Morgan fingerprint density at radius 2 is 2.42 bits per heavy atom. The predicted octanol–water partition coefficient (Wildman–Crippen LogP) is 2.69. The summed E-state index contributed by atoms with van der Waals surface area (Å²) >= 11 is 1.75. The van der Waals surface area contributed by atoms with Gasteiger partial charge in [-0.1, -0.05) is 20.3 Å². The van der Waals surface area contributed by atoms with Gasteiger partial charge in [-0.15, -0.1) is 11.3 Å². The highest BCUT2D eigenvalue weighted by atomic mass is 32.1. The smallest absolute Gasteiger partial charge is 0.227 e. The standard InChI is InChI=1S/C15H23NO2S/c1-3-10(2)13(17)9-16-15(18)12-5-4-6-14-11(12)7-8-19-14/h7-8,10,12-13,17H,3-6,9H2,1-2H3,(H,16,18). The summed E-state index contributed by atoms with van der Waals surface area (Å²) < 4.78 is 0. The molecule has 1 aliphatic rings. The van der Waals surface area contributed by atoms with Crippen molar-refractivity contribution in [1.29, 1.82) is 0 Å². The maximum atomic E-state index is 12.3. The Balaban J connectivity index is 1.92. The van der Waals surface area contributed by atoms with Crippen LogP contribution in [0.25, 0.3) is 0 Å². The third kappa shape index (κ3) is 3.37. The Morgan fingerprint density at radius 3 is 3.16 bits per heavy atom. The van der Waals surface area contributed by atoms with Crippen LogP contribution in [0.5, 0.6) is 0 Å². The number of hydrogen-bond donors (Lipinski definition) is 2. The van der Waals surface area contributed by atoms with Crippen LogP contribution in [0.4, 0.5) is 0 Å². The van der Waals surface area contributed by atoms with E-state index >= 15 is 0 Å². The van der Waals surface area contributed by atoms with Gasteiger partial charge in [0.15, 0.2) is 0 Å². The highest BCUT2D eigenvalue weighted by Gasteiger charge is 2.27. The van der Waals surface area contributed by atoms with Crippen molar-refractivity contribution in [2.24, 2.45) is 5.92 Å². The highest BCUT2D eigenvalue weighted by molar-refractivity contribution is 7.10. The molecule has 2 rings (SSSR count). The van der Waals surface area contributed by atoms with E-state index in [4.69, 9.17) is 0 Å². The van der Waals surface area contributed by atoms with E-state index in [1.54, 1.807) is 11.3 Å². The van der Waals surface area contributed by atoms with E-state index in [1.807, 2.05) is 6.92 Å². The minimum atomic E-state index is -0.445. The molecule has 1 heterocycles. The lowest BCUT2D eigenvalue weighted by molar-refractivity contribution is -0.123. The van der Waals surface area contributed by atoms with E-state index in [9.17, 15) is 9.90 Å². The number of amides is 1. The van der Waals surface area contributed by atoms with Crippen molar-refractivity contribution in [2.75, 3.05) is 6.54 Å². The van der Waals surface area contributed by atoms with Crippen molar-refractivity contribution in [1.82, 2.24) is 5.32 Å². The maximum Gasteiger partial charge on any atom is 0.227 e. The van der Waals surface area contributed by atoms with Gasteiger partial charge in [-0.2, -0.15) is 0 Å². The van der Waals surface area contributed by atoms with Gasteiger partial charge in [0.1, 0.15) is 0 Å². The van der Waals surface area contributed by atoms with Gasteiger partial charge in [0.05, 0.1) is 12.0 Å². The van der Waals surface area contributed by atoms with Gasteiger partial charge >= 0.3 is 0 Å². The van der Waals surface area contributed by atoms with E-state index in [0.29, 0.717) is 6.54 Å². The molecule has 19 heavy (non-hydrogen) atoms. The molecule has 0 bridgehead atoms. The van der Waals surface area contributed by atoms with E-state index < -0.39 is 6.10 Å². The number of carbonyl (C=O) groups is 1. The molecule has 4 heteroatoms. The van der Waals surface area contributed by atoms with Crippen LogP contribution >= 0.6 is 11.3 Å². The highest BCUT2D eigenvalue weighted by Crippen LogP contribution is 2.34. The fraction of sp³-hybridized carbons (Fsp3) is 0.667. The zero-order valence-corrected chi connectivity index (χ0v) is 12.5. The zero-order chi connectivity index (χ0) is 13.8. The molecule has 2 N–H and O–H groups in total. The first-order valence-electron chi connectivity index (χ1n) is 7.15. The number of hydrogen-bond acceptors (Lipinski definition) is 3. The van der Waals surface area contributed by atoms with Crippen LogP contribution in [0.2, 0.25) is 0 Å². The number of aliphatic hydroxyl groups is 1. The van der Waals surface area contributed by atoms with Gasteiger partial charge in [-0.25, -0.2) is 0 Å². The van der Waals surface area contributed by atoms with Crippen molar-refractivity contribution in [3.8, 4) is 0 Å². The van der Waals surface area contributed by atoms with Crippen molar-refractivity contribution < 1.29 is 9.90 Å². The molecule has 106 valence electrons. The van der Waals surface area contributed by atoms with Crippen molar-refractivity contribution >= 4 is 17.2 Å². The van der Waals surface area contributed by atoms with Gasteiger partial charge in [0.25, 0.3) is 0 Å². The van der Waals surface area contributed by atoms with Crippen molar-refractivity contribution in [3.63, 3.8) is 0 Å². The lowest BCUT2D eigenvalue weighted by Gasteiger charge is -2.23. The SMILES string of the molecule is CCC(C)C(O)CNC(=O)C1CCCc2sccc21. The predicted molar refractivity (Wildman–Crippen MR) is 78.5 cm³/mol. The van der Waals surface area contributed by atoms with Crippen molar-refractivity contribution in [3.05, 3.63) is 21.9 Å². The van der Waals surface area contributed by atoms with Crippen molar-refractivity contribution in [2.45, 2.75) is 51.6 Å². The van der Waals surface area contributed by atoms with Gasteiger partial charge in [-0.05, 0) is 42.2 Å². The lowest BCUT2D eigenvalue weighted by Crippen LogP contribution is -2.38. The molecule has 0 spiro atoms. The lowest BCUT2D eigenvalue weighted by atomic mass is 9.87. The first-order chi connectivity index (χ1) is 9.13. The number of carbonyl (C=O) groups excluding carboxylic acids is 1. The summed E-state index contributed by atoms with van der Waals surface area (Å²) in [5.41, 5.74) is 1.20. The quantitative estimate of drug-likeness (QED) is 0.872. The molecule has 0 fully saturated rings. The molecule has 0 saturated heterocycles. The van der Waals surface area contributed by atoms with Crippen LogP contribution < -0.4 is 5.32 Å². The Labute approximate surface area is 119 Å². The second-order valence-corrected chi connectivity index (χ2v) is 6.44. The number of aryl methyl sites for hydroxylation is 1. The largest absolute Gasteiger partial charge is 0.391 e. The van der Waals surface area contributed by atoms with Crippen LogP contribution in [-0.2, 0) is 11.2 Å². The number of thiophene rings is 1. The Kier molecular flexibility index (Phi) is 4.99. The van der Waals surface area contributed by atoms with E-state index in [1.165, 1.54) is 10.4 Å². The fourth-order valence-electron chi connectivity index (χ4n) is 2.56. The average molecular weight is 281 g/mol. The summed E-state index contributed by atoms with van der Waals surface area (Å²) in [7, 11) is 0. The van der Waals surface area contributed by atoms with E-state index in [0.717, 1.165) is 25.7 Å². The minimum Gasteiger partial charge on any atom is -0.391 e. The molecule has 0 radical (unpaired) electrons. The Bertz CT molecular complexity index is 430. The van der Waals surface area contributed by atoms with Gasteiger partial charge in [-0.3, -0.25) is 4.79 Å². The Hall–Kier alpha value is -0.870. The number of rotatable bonds is 5. The van der Waals surface area contributed by atoms with Crippen LogP contribution in [0.3, 0.4) is 0 Å². The molecule has 1 aromatic heterocycles. The summed E-state index contributed by atoms with van der Waals surface area (Å²) in [6, 6.07) is 2.08. The summed E-state index contributed by atoms with van der Waals surface area (Å²) in [5.74, 6) is 0.282. The summed E-state index contributed by atoms with van der Waals surface area (Å²) in [5, 5.41) is 14.9. The molecule has 3 unspecified atom stereocenters. The topological polar surface area (TPSA) is 49.3 Å². The third-order valence-corrected chi connectivity index (χ3v) is 5.15. The third-order valence-electron chi connectivity index (χ3n) is 4.15. The van der Waals surface area contributed by atoms with Gasteiger partial charge in [0, 0.05) is 11.4 Å². The molecule has 1 amide bonds. The second kappa shape index (κ2) is 6.53. The molecular formula is C15H23NO2S. The molecule has 1 aromatic rings. The monoisotopic (exact) mass is 281 g/mol. The van der Waals surface area contributed by atoms with Gasteiger partial charge in [0.2, 0.25) is 5.91 Å². The van der Waals surface area contributed by atoms with Crippen LogP contribution in [0, 0.1) is 5.92 Å². The first kappa shape index (κ1) is 14.5. The fourth-order valence-corrected chi connectivity index (χ4v) is 3.55. The average Bonchev–Trinajstić information content (AvgIpc) is 2.91. The second-order valence-electron chi connectivity index (χ2n) is 5.44. The molecule has 0 aliphatic heterocycles. The number of fused-ring (bicyclic) bond motifs is 1. The summed E-state index contributed by atoms with van der Waals surface area (Å²) in [6.07, 6.45) is 3.59. The molecular weight excluding hydrogens is 258 g/mol.